The number of piperidine rings is 2. The minimum Gasteiger partial charge on any atom is -0.481 e. The van der Waals surface area contributed by atoms with E-state index in [0.29, 0.717) is 13.0 Å². The molecule has 0 saturated carbocycles. The second-order valence-corrected chi connectivity index (χ2v) is 13.3. The number of hydrogen-bond acceptors (Lipinski definition) is 8. The minimum absolute atomic E-state index is 0.00947. The first-order valence-corrected chi connectivity index (χ1v) is 16.6. The summed E-state index contributed by atoms with van der Waals surface area (Å²) in [5.41, 5.74) is 5.55. The number of methoxy groups -OCH3 is 1. The van der Waals surface area contributed by atoms with E-state index in [4.69, 9.17) is 10.5 Å². The van der Waals surface area contributed by atoms with Gasteiger partial charge < -0.3 is 25.6 Å². The van der Waals surface area contributed by atoms with Gasteiger partial charge in [0.15, 0.2) is 0 Å². The van der Waals surface area contributed by atoms with Crippen LogP contribution < -0.4 is 11.1 Å². The molecule has 0 amide bonds. The van der Waals surface area contributed by atoms with Gasteiger partial charge in [0.05, 0.1) is 16.5 Å². The maximum absolute atomic E-state index is 13.6. The predicted molar refractivity (Wildman–Crippen MR) is 182 cm³/mol. The summed E-state index contributed by atoms with van der Waals surface area (Å²) < 4.78 is 5.30. The SMILES string of the molecule is COCCC1(C(=O)O)C(c2cccc([N+](=O)[O-])c2)C(CCCN2CCC(c3ccccc3)(c3ccccc3)CC2)(C(=O)O)C(C)N[C@@H]1N. The number of ether oxygens (including phenoxy) is 1. The second kappa shape index (κ2) is 14.5. The molecule has 256 valence electrons. The first-order chi connectivity index (χ1) is 23.0. The van der Waals surface area contributed by atoms with E-state index in [1.807, 2.05) is 12.1 Å². The van der Waals surface area contributed by atoms with E-state index < -0.39 is 45.8 Å². The van der Waals surface area contributed by atoms with E-state index in [1.165, 1.54) is 36.4 Å². The Morgan fingerprint density at radius 2 is 1.52 bits per heavy atom. The van der Waals surface area contributed by atoms with E-state index in [9.17, 15) is 29.9 Å². The molecule has 0 aromatic heterocycles. The van der Waals surface area contributed by atoms with Crippen molar-refractivity contribution in [3.05, 3.63) is 112 Å². The van der Waals surface area contributed by atoms with Crippen molar-refractivity contribution in [3.8, 4) is 0 Å². The number of likely N-dealkylation sites (tertiary alicyclic amines) is 1. The highest BCUT2D eigenvalue weighted by molar-refractivity contribution is 5.84. The molecule has 5 rings (SSSR count). The molecule has 3 aromatic carbocycles. The van der Waals surface area contributed by atoms with E-state index in [0.717, 1.165) is 25.9 Å². The van der Waals surface area contributed by atoms with Gasteiger partial charge in [0.25, 0.3) is 5.69 Å². The summed E-state index contributed by atoms with van der Waals surface area (Å²) in [5, 5.41) is 36.9. The fraction of sp³-hybridized carbons (Fsp3) is 0.459. The van der Waals surface area contributed by atoms with Crippen LogP contribution in [0.2, 0.25) is 0 Å². The summed E-state index contributed by atoms with van der Waals surface area (Å²) in [7, 11) is 1.44. The molecule has 5 N–H and O–H groups in total. The summed E-state index contributed by atoms with van der Waals surface area (Å²) in [6.07, 6.45) is 1.18. The van der Waals surface area contributed by atoms with Crippen LogP contribution in [-0.2, 0) is 19.7 Å². The fourth-order valence-electron chi connectivity index (χ4n) is 8.59. The maximum atomic E-state index is 13.6. The van der Waals surface area contributed by atoms with Crippen LogP contribution in [0.3, 0.4) is 0 Å². The number of hydrogen-bond donors (Lipinski definition) is 4. The third-order valence-corrected chi connectivity index (χ3v) is 11.1. The Hall–Kier alpha value is -4.16. The summed E-state index contributed by atoms with van der Waals surface area (Å²) in [4.78, 5) is 40.5. The van der Waals surface area contributed by atoms with Crippen molar-refractivity contribution < 1.29 is 29.5 Å². The van der Waals surface area contributed by atoms with Gasteiger partial charge in [-0.05, 0) is 75.4 Å². The number of carbonyl (C=O) groups is 2. The number of non-ortho nitro benzene ring substituents is 1. The topological polar surface area (TPSA) is 168 Å². The molecular weight excluding hydrogens is 612 g/mol. The zero-order chi connectivity index (χ0) is 34.5. The van der Waals surface area contributed by atoms with Crippen molar-refractivity contribution in [2.45, 2.75) is 62.6 Å². The second-order valence-electron chi connectivity index (χ2n) is 13.3. The number of nitrogens with two attached hydrogens (primary N) is 1. The highest BCUT2D eigenvalue weighted by Gasteiger charge is 2.67. The molecule has 2 fully saturated rings. The Kier molecular flexibility index (Phi) is 10.6. The molecule has 48 heavy (non-hydrogen) atoms. The monoisotopic (exact) mass is 658 g/mol. The van der Waals surface area contributed by atoms with E-state index in [2.05, 4.69) is 58.7 Å². The van der Waals surface area contributed by atoms with Gasteiger partial charge in [-0.2, -0.15) is 0 Å². The van der Waals surface area contributed by atoms with Crippen LogP contribution in [0.15, 0.2) is 84.9 Å². The Balaban J connectivity index is 1.46. The summed E-state index contributed by atoms with van der Waals surface area (Å²) in [5.74, 6) is -3.63. The third-order valence-electron chi connectivity index (χ3n) is 11.1. The van der Waals surface area contributed by atoms with Crippen molar-refractivity contribution in [2.24, 2.45) is 16.6 Å². The smallest absolute Gasteiger partial charge is 0.313 e. The first kappa shape index (κ1) is 35.2. The van der Waals surface area contributed by atoms with Crippen molar-refractivity contribution in [3.63, 3.8) is 0 Å². The number of benzene rings is 3. The average molecular weight is 659 g/mol. The number of nitro benzene ring substituents is 1. The van der Waals surface area contributed by atoms with Gasteiger partial charge in [0.2, 0.25) is 0 Å². The number of rotatable bonds is 13. The van der Waals surface area contributed by atoms with Crippen LogP contribution in [0.1, 0.15) is 61.6 Å². The number of nitro groups is 1. The molecule has 0 aliphatic carbocycles. The van der Waals surface area contributed by atoms with Crippen molar-refractivity contribution in [1.29, 1.82) is 0 Å². The van der Waals surface area contributed by atoms with Crippen LogP contribution in [0.25, 0.3) is 0 Å². The van der Waals surface area contributed by atoms with Crippen molar-refractivity contribution in [1.82, 2.24) is 10.2 Å². The van der Waals surface area contributed by atoms with Crippen LogP contribution in [0.4, 0.5) is 5.69 Å². The van der Waals surface area contributed by atoms with Crippen LogP contribution >= 0.6 is 0 Å². The zero-order valence-corrected chi connectivity index (χ0v) is 27.6. The van der Waals surface area contributed by atoms with Gasteiger partial charge in [-0.15, -0.1) is 0 Å². The molecule has 2 saturated heterocycles. The number of nitrogens with zero attached hydrogens (tertiary/aromatic N) is 2. The number of aliphatic carboxylic acids is 2. The Morgan fingerprint density at radius 1 is 0.938 bits per heavy atom. The number of carboxylic acids is 2. The van der Waals surface area contributed by atoms with Crippen molar-refractivity contribution in [2.75, 3.05) is 33.4 Å². The minimum atomic E-state index is -1.83. The highest BCUT2D eigenvalue weighted by Crippen LogP contribution is 2.58. The molecule has 11 nitrogen and oxygen atoms in total. The largest absolute Gasteiger partial charge is 0.481 e. The highest BCUT2D eigenvalue weighted by atomic mass is 16.6. The van der Waals surface area contributed by atoms with Gasteiger partial charge in [-0.1, -0.05) is 72.8 Å². The fourth-order valence-corrected chi connectivity index (χ4v) is 8.59. The van der Waals surface area contributed by atoms with E-state index >= 15 is 0 Å². The molecule has 2 heterocycles. The molecule has 2 aliphatic heterocycles. The average Bonchev–Trinajstić information content (AvgIpc) is 3.09. The molecule has 0 radical (unpaired) electrons. The number of carboxylic acid groups (broad SMARTS) is 2. The zero-order valence-electron chi connectivity index (χ0n) is 27.6. The molecule has 0 spiro atoms. The van der Waals surface area contributed by atoms with Gasteiger partial charge in [-0.3, -0.25) is 25.0 Å². The van der Waals surface area contributed by atoms with E-state index in [-0.39, 0.29) is 36.1 Å². The lowest BCUT2D eigenvalue weighted by molar-refractivity contribution is -0.385. The molecule has 3 aromatic rings. The van der Waals surface area contributed by atoms with Gasteiger partial charge in [-0.25, -0.2) is 0 Å². The first-order valence-electron chi connectivity index (χ1n) is 16.6. The Bertz CT molecular complexity index is 1540. The summed E-state index contributed by atoms with van der Waals surface area (Å²) in [6, 6.07) is 26.0. The van der Waals surface area contributed by atoms with Crippen LogP contribution in [0.5, 0.6) is 0 Å². The van der Waals surface area contributed by atoms with Gasteiger partial charge >= 0.3 is 11.9 Å². The van der Waals surface area contributed by atoms with Crippen molar-refractivity contribution >= 4 is 17.6 Å². The van der Waals surface area contributed by atoms with Crippen LogP contribution in [-0.4, -0.2) is 77.5 Å². The molecule has 0 bridgehead atoms. The molecular formula is C37H46N4O7. The van der Waals surface area contributed by atoms with Gasteiger partial charge in [0, 0.05) is 43.2 Å². The molecule has 5 atom stereocenters. The Labute approximate surface area is 281 Å². The van der Waals surface area contributed by atoms with E-state index in [1.54, 1.807) is 13.0 Å². The quantitative estimate of drug-likeness (QED) is 0.145. The lowest BCUT2D eigenvalue weighted by Crippen LogP contribution is -2.73. The third kappa shape index (κ3) is 6.23. The van der Waals surface area contributed by atoms with Crippen LogP contribution in [0, 0.1) is 20.9 Å². The molecule has 11 heteroatoms. The molecule has 2 aliphatic rings. The number of nitrogens with one attached hydrogen (secondary N) is 1. The molecule has 4 unspecified atom stereocenters. The lowest BCUT2D eigenvalue weighted by Gasteiger charge is -2.57. The summed E-state index contributed by atoms with van der Waals surface area (Å²) in [6.45, 7) is 3.96. The van der Waals surface area contributed by atoms with Gasteiger partial charge in [0.1, 0.15) is 5.41 Å². The predicted octanol–water partition coefficient (Wildman–Crippen LogP) is 5.00. The lowest BCUT2D eigenvalue weighted by atomic mass is 9.50. The standard InChI is InChI=1S/C37H46N4O7/c1-26-36(33(42)43,31(27-11-9-16-30(25-27)41(46)47)37(34(44)45,20-24-48-2)32(38)39-26)17-10-21-40-22-18-35(19-23-40,28-12-5-3-6-13-28)29-14-7-4-8-15-29/h3-9,11-16,25-26,31-32,39H,10,17-24,38H2,1-2H3,(H,42,43)(H,44,45)/t26?,31?,32-,36?,37?/m0/s1. The maximum Gasteiger partial charge on any atom is 0.313 e. The normalized spacial score (nSPS) is 27.3. The summed E-state index contributed by atoms with van der Waals surface area (Å²) >= 11 is 0. The Morgan fingerprint density at radius 3 is 2.04 bits per heavy atom.